The first-order valence-corrected chi connectivity index (χ1v) is 7.16. The average molecular weight is 279 g/mol. The van der Waals surface area contributed by atoms with E-state index in [1.807, 2.05) is 6.07 Å². The van der Waals surface area contributed by atoms with Crippen LogP contribution >= 0.6 is 11.6 Å². The van der Waals surface area contributed by atoms with Crippen LogP contribution in [0.2, 0.25) is 5.02 Å². The van der Waals surface area contributed by atoms with Crippen molar-refractivity contribution in [2.45, 2.75) is 25.7 Å². The average Bonchev–Trinajstić information content (AvgIpc) is 2.46. The number of hydrogen-bond acceptors (Lipinski definition) is 3. The zero-order chi connectivity index (χ0) is 13.7. The van der Waals surface area contributed by atoms with Crippen molar-refractivity contribution in [3.05, 3.63) is 28.8 Å². The van der Waals surface area contributed by atoms with E-state index < -0.39 is 0 Å². The molecule has 3 nitrogen and oxygen atoms in total. The van der Waals surface area contributed by atoms with Gasteiger partial charge in [0.1, 0.15) is 0 Å². The number of aliphatic hydroxyl groups is 1. The van der Waals surface area contributed by atoms with E-state index in [1.54, 1.807) is 12.1 Å². The monoisotopic (exact) mass is 278 g/mol. The Morgan fingerprint density at radius 1 is 1.32 bits per heavy atom. The van der Waals surface area contributed by atoms with Gasteiger partial charge in [-0.3, -0.25) is 0 Å². The number of halogens is 1. The van der Waals surface area contributed by atoms with Gasteiger partial charge in [-0.15, -0.1) is 0 Å². The molecule has 0 aromatic heterocycles. The molecule has 1 aromatic rings. The molecule has 1 aliphatic rings. The van der Waals surface area contributed by atoms with Crippen LogP contribution in [0.4, 0.5) is 5.69 Å². The summed E-state index contributed by atoms with van der Waals surface area (Å²) in [7, 11) is 0. The van der Waals surface area contributed by atoms with E-state index >= 15 is 0 Å². The molecule has 2 atom stereocenters. The molecule has 0 spiro atoms. The number of anilines is 1. The first-order valence-electron chi connectivity index (χ1n) is 6.79. The summed E-state index contributed by atoms with van der Waals surface area (Å²) in [5.74, 6) is 0.906. The van der Waals surface area contributed by atoms with Gasteiger partial charge in [-0.25, -0.2) is 0 Å². The molecule has 0 saturated heterocycles. The second kappa shape index (κ2) is 6.79. The van der Waals surface area contributed by atoms with Crippen LogP contribution in [0, 0.1) is 23.2 Å². The van der Waals surface area contributed by atoms with Gasteiger partial charge in [-0.05, 0) is 42.9 Å². The lowest BCUT2D eigenvalue weighted by atomic mass is 9.79. The highest BCUT2D eigenvalue weighted by Gasteiger charge is 2.24. The maximum Gasteiger partial charge on any atom is 0.0992 e. The van der Waals surface area contributed by atoms with Crippen molar-refractivity contribution in [2.24, 2.45) is 11.8 Å². The third kappa shape index (κ3) is 3.62. The molecule has 1 saturated carbocycles. The molecule has 2 unspecified atom stereocenters. The van der Waals surface area contributed by atoms with Gasteiger partial charge in [0.25, 0.3) is 0 Å². The van der Waals surface area contributed by atoms with E-state index in [2.05, 4.69) is 11.4 Å². The summed E-state index contributed by atoms with van der Waals surface area (Å²) in [6, 6.07) is 7.35. The molecule has 0 aliphatic heterocycles. The molecular weight excluding hydrogens is 260 g/mol. The number of rotatable bonds is 4. The molecule has 1 fully saturated rings. The van der Waals surface area contributed by atoms with Gasteiger partial charge >= 0.3 is 0 Å². The summed E-state index contributed by atoms with van der Waals surface area (Å²) < 4.78 is 0. The van der Waals surface area contributed by atoms with Gasteiger partial charge in [0.05, 0.1) is 22.3 Å². The number of nitriles is 1. The van der Waals surface area contributed by atoms with Gasteiger partial charge in [0.2, 0.25) is 0 Å². The summed E-state index contributed by atoms with van der Waals surface area (Å²) >= 11 is 6.13. The molecule has 2 N–H and O–H groups in total. The fraction of sp³-hybridized carbons (Fsp3) is 0.533. The summed E-state index contributed by atoms with van der Waals surface area (Å²) in [5, 5.41) is 22.1. The quantitative estimate of drug-likeness (QED) is 0.887. The van der Waals surface area contributed by atoms with Crippen molar-refractivity contribution in [3.8, 4) is 6.07 Å². The van der Waals surface area contributed by atoms with Gasteiger partial charge in [0, 0.05) is 13.2 Å². The van der Waals surface area contributed by atoms with E-state index in [4.69, 9.17) is 16.9 Å². The summed E-state index contributed by atoms with van der Waals surface area (Å²) in [6.07, 6.45) is 4.74. The van der Waals surface area contributed by atoms with E-state index in [-0.39, 0.29) is 6.61 Å². The molecule has 0 heterocycles. The van der Waals surface area contributed by atoms with Crippen molar-refractivity contribution >= 4 is 17.3 Å². The Hall–Kier alpha value is -1.24. The molecule has 19 heavy (non-hydrogen) atoms. The lowest BCUT2D eigenvalue weighted by Crippen LogP contribution is -2.28. The number of benzene rings is 1. The molecular formula is C15H19ClN2O. The fourth-order valence-electron chi connectivity index (χ4n) is 2.76. The Bertz CT molecular complexity index is 470. The lowest BCUT2D eigenvalue weighted by Gasteiger charge is -2.30. The molecule has 2 rings (SSSR count). The lowest BCUT2D eigenvalue weighted by molar-refractivity contribution is 0.141. The van der Waals surface area contributed by atoms with Crippen molar-refractivity contribution in [1.82, 2.24) is 0 Å². The normalized spacial score (nSPS) is 22.8. The molecule has 0 radical (unpaired) electrons. The predicted molar refractivity (Wildman–Crippen MR) is 77.2 cm³/mol. The van der Waals surface area contributed by atoms with Gasteiger partial charge in [0.15, 0.2) is 0 Å². The minimum atomic E-state index is 0.271. The Kier molecular flexibility index (Phi) is 5.07. The van der Waals surface area contributed by atoms with Crippen LogP contribution in [0.1, 0.15) is 31.2 Å². The van der Waals surface area contributed by atoms with Crippen LogP contribution in [-0.4, -0.2) is 18.3 Å². The molecule has 0 amide bonds. The molecule has 102 valence electrons. The summed E-state index contributed by atoms with van der Waals surface area (Å²) in [4.78, 5) is 0. The maximum absolute atomic E-state index is 9.39. The van der Waals surface area contributed by atoms with Gasteiger partial charge in [-0.2, -0.15) is 5.26 Å². The van der Waals surface area contributed by atoms with Crippen LogP contribution in [0.5, 0.6) is 0 Å². The fourth-order valence-corrected chi connectivity index (χ4v) is 3.01. The van der Waals surface area contributed by atoms with E-state index in [0.29, 0.717) is 22.4 Å². The minimum absolute atomic E-state index is 0.271. The van der Waals surface area contributed by atoms with Crippen LogP contribution < -0.4 is 5.32 Å². The first kappa shape index (κ1) is 14.2. The molecule has 0 bridgehead atoms. The predicted octanol–water partition coefficient (Wildman–Crippen LogP) is 3.42. The summed E-state index contributed by atoms with van der Waals surface area (Å²) in [5.41, 5.74) is 1.43. The zero-order valence-electron chi connectivity index (χ0n) is 10.9. The highest BCUT2D eigenvalue weighted by Crippen LogP contribution is 2.31. The smallest absolute Gasteiger partial charge is 0.0992 e. The number of nitrogens with one attached hydrogen (secondary N) is 1. The van der Waals surface area contributed by atoms with Crippen LogP contribution in [0.25, 0.3) is 0 Å². The Balaban J connectivity index is 1.96. The first-order chi connectivity index (χ1) is 9.24. The van der Waals surface area contributed by atoms with Crippen LogP contribution in [0.15, 0.2) is 18.2 Å². The number of hydrogen-bond donors (Lipinski definition) is 2. The second-order valence-electron chi connectivity index (χ2n) is 5.17. The van der Waals surface area contributed by atoms with Crippen molar-refractivity contribution in [2.75, 3.05) is 18.5 Å². The number of nitrogens with zero attached hydrogens (tertiary/aromatic N) is 1. The van der Waals surface area contributed by atoms with Gasteiger partial charge in [-0.1, -0.05) is 24.4 Å². The van der Waals surface area contributed by atoms with Crippen molar-refractivity contribution in [1.29, 1.82) is 5.26 Å². The SMILES string of the molecule is N#Cc1ccc(NCC2CCCCC2CO)c(Cl)c1. The topological polar surface area (TPSA) is 56.0 Å². The van der Waals surface area contributed by atoms with Crippen LogP contribution in [0.3, 0.4) is 0 Å². The number of aliphatic hydroxyl groups excluding tert-OH is 1. The molecule has 4 heteroatoms. The van der Waals surface area contributed by atoms with Crippen molar-refractivity contribution in [3.63, 3.8) is 0 Å². The maximum atomic E-state index is 9.39. The van der Waals surface area contributed by atoms with Gasteiger partial charge < -0.3 is 10.4 Å². The largest absolute Gasteiger partial charge is 0.396 e. The van der Waals surface area contributed by atoms with Crippen molar-refractivity contribution < 1.29 is 5.11 Å². The second-order valence-corrected chi connectivity index (χ2v) is 5.58. The Morgan fingerprint density at radius 2 is 2.05 bits per heavy atom. The third-order valence-electron chi connectivity index (χ3n) is 3.95. The zero-order valence-corrected chi connectivity index (χ0v) is 11.7. The molecule has 1 aromatic carbocycles. The standard InChI is InChI=1S/C15H19ClN2O/c16-14-7-11(8-17)5-6-15(14)18-9-12-3-1-2-4-13(12)10-19/h5-7,12-13,18-19H,1-4,9-10H2. The van der Waals surface area contributed by atoms with E-state index in [9.17, 15) is 5.11 Å². The third-order valence-corrected chi connectivity index (χ3v) is 4.27. The highest BCUT2D eigenvalue weighted by molar-refractivity contribution is 6.33. The highest BCUT2D eigenvalue weighted by atomic mass is 35.5. The van der Waals surface area contributed by atoms with Crippen LogP contribution in [-0.2, 0) is 0 Å². The van der Waals surface area contributed by atoms with E-state index in [0.717, 1.165) is 25.1 Å². The summed E-state index contributed by atoms with van der Waals surface area (Å²) in [6.45, 7) is 1.10. The Morgan fingerprint density at radius 3 is 2.68 bits per heavy atom. The Labute approximate surface area is 119 Å². The van der Waals surface area contributed by atoms with E-state index in [1.165, 1.54) is 12.8 Å². The minimum Gasteiger partial charge on any atom is -0.396 e. The molecule has 1 aliphatic carbocycles.